The van der Waals surface area contributed by atoms with Crippen LogP contribution in [0.4, 0.5) is 23.9 Å². The number of ketones is 1. The molecular weight excluding hydrogens is 710 g/mol. The second kappa shape index (κ2) is 13.6. The van der Waals surface area contributed by atoms with E-state index in [1.807, 2.05) is 12.1 Å². The van der Waals surface area contributed by atoms with E-state index in [9.17, 15) is 27.6 Å². The molecule has 2 aliphatic heterocycles. The molecule has 254 valence electrons. The van der Waals surface area contributed by atoms with Crippen LogP contribution in [0.15, 0.2) is 97.1 Å². The summed E-state index contributed by atoms with van der Waals surface area (Å²) in [4.78, 5) is 48.2. The molecule has 0 saturated carbocycles. The van der Waals surface area contributed by atoms with Gasteiger partial charge in [0, 0.05) is 58.9 Å². The molecular formula is C37H26Cl2F3N3O4S. The maximum absolute atomic E-state index is 14.5. The molecule has 0 unspecified atom stereocenters. The number of anilines is 2. The van der Waals surface area contributed by atoms with Gasteiger partial charge >= 0.3 is 6.36 Å². The standard InChI is InChI=1S/C37H26Cl2F3N3O4S/c38-24-9-5-22(6-10-24)32(46)31-30(21-43-17-19-44(20-18-43)26-13-15-27(16-14-26)49-37(40,41)42)33(23-7-11-25(39)12-8-23)50-36(31)45-34(47)28-3-1-2-4-29(28)35(45)48/h1-16H,17-21H2. The number of thiophene rings is 1. The largest absolute Gasteiger partial charge is 0.573 e. The molecule has 13 heteroatoms. The zero-order valence-electron chi connectivity index (χ0n) is 26.0. The van der Waals surface area contributed by atoms with E-state index < -0.39 is 18.2 Å². The number of hydrogen-bond acceptors (Lipinski definition) is 7. The van der Waals surface area contributed by atoms with Gasteiger partial charge in [-0.2, -0.15) is 0 Å². The van der Waals surface area contributed by atoms with Crippen LogP contribution in [-0.4, -0.2) is 55.0 Å². The number of benzene rings is 4. The summed E-state index contributed by atoms with van der Waals surface area (Å²) >= 11 is 13.6. The molecule has 5 aromatic rings. The third kappa shape index (κ3) is 6.74. The minimum Gasteiger partial charge on any atom is -0.406 e. The number of hydrogen-bond donors (Lipinski definition) is 0. The van der Waals surface area contributed by atoms with Crippen LogP contribution in [0.1, 0.15) is 42.2 Å². The monoisotopic (exact) mass is 735 g/mol. The normalized spacial score (nSPS) is 15.1. The van der Waals surface area contributed by atoms with Crippen molar-refractivity contribution in [1.29, 1.82) is 0 Å². The maximum atomic E-state index is 14.5. The first-order valence-corrected chi connectivity index (χ1v) is 17.1. The molecule has 0 aliphatic carbocycles. The highest BCUT2D eigenvalue weighted by Gasteiger charge is 2.41. The molecule has 0 N–H and O–H groups in total. The van der Waals surface area contributed by atoms with Crippen molar-refractivity contribution in [1.82, 2.24) is 4.90 Å². The number of amides is 2. The summed E-state index contributed by atoms with van der Waals surface area (Å²) in [6, 6.07) is 25.9. The number of nitrogens with zero attached hydrogens (tertiary/aromatic N) is 3. The Labute approximate surface area is 299 Å². The smallest absolute Gasteiger partial charge is 0.406 e. The third-order valence-corrected chi connectivity index (χ3v) is 10.4. The number of ether oxygens (including phenoxy) is 1. The van der Waals surface area contributed by atoms with Crippen molar-refractivity contribution >= 4 is 62.8 Å². The molecule has 7 rings (SSSR count). The summed E-state index contributed by atoms with van der Waals surface area (Å²) in [6.07, 6.45) is -4.77. The van der Waals surface area contributed by atoms with Gasteiger partial charge in [-0.3, -0.25) is 19.3 Å². The summed E-state index contributed by atoms with van der Waals surface area (Å²) in [6.45, 7) is 2.57. The number of imide groups is 1. The lowest BCUT2D eigenvalue weighted by Gasteiger charge is -2.36. The Hall–Kier alpha value is -4.68. The number of halogens is 5. The van der Waals surface area contributed by atoms with Crippen LogP contribution in [0.25, 0.3) is 10.4 Å². The quantitative estimate of drug-likeness (QED) is 0.117. The van der Waals surface area contributed by atoms with Crippen LogP contribution in [0.5, 0.6) is 5.75 Å². The Balaban J connectivity index is 1.26. The van der Waals surface area contributed by atoms with E-state index in [0.29, 0.717) is 58.8 Å². The molecule has 3 heterocycles. The van der Waals surface area contributed by atoms with Gasteiger partial charge in [0.25, 0.3) is 11.8 Å². The van der Waals surface area contributed by atoms with Gasteiger partial charge in [-0.25, -0.2) is 4.90 Å². The lowest BCUT2D eigenvalue weighted by molar-refractivity contribution is -0.274. The summed E-state index contributed by atoms with van der Waals surface area (Å²) < 4.78 is 42.0. The van der Waals surface area contributed by atoms with Crippen molar-refractivity contribution < 1.29 is 32.3 Å². The van der Waals surface area contributed by atoms with Gasteiger partial charge in [0.15, 0.2) is 5.78 Å². The first kappa shape index (κ1) is 33.8. The molecule has 1 aromatic heterocycles. The van der Waals surface area contributed by atoms with Gasteiger partial charge in [0.1, 0.15) is 10.8 Å². The van der Waals surface area contributed by atoms with Crippen molar-refractivity contribution in [3.05, 3.63) is 135 Å². The summed E-state index contributed by atoms with van der Waals surface area (Å²) in [5.74, 6) is -1.67. The van der Waals surface area contributed by atoms with Gasteiger partial charge in [-0.1, -0.05) is 47.5 Å². The Bertz CT molecular complexity index is 2060. The zero-order chi connectivity index (χ0) is 35.2. The summed E-state index contributed by atoms with van der Waals surface area (Å²) in [7, 11) is 0. The van der Waals surface area contributed by atoms with E-state index in [1.54, 1.807) is 72.8 Å². The highest BCUT2D eigenvalue weighted by atomic mass is 35.5. The van der Waals surface area contributed by atoms with Crippen LogP contribution in [0, 0.1) is 0 Å². The van der Waals surface area contributed by atoms with Gasteiger partial charge in [-0.15, -0.1) is 24.5 Å². The Morgan fingerprint density at radius 3 is 1.88 bits per heavy atom. The topological polar surface area (TPSA) is 70.2 Å². The zero-order valence-corrected chi connectivity index (χ0v) is 28.4. The molecule has 1 fully saturated rings. The Morgan fingerprint density at radius 1 is 0.760 bits per heavy atom. The van der Waals surface area contributed by atoms with Crippen molar-refractivity contribution in [2.75, 3.05) is 36.0 Å². The van der Waals surface area contributed by atoms with E-state index in [4.69, 9.17) is 23.2 Å². The Morgan fingerprint density at radius 2 is 1.32 bits per heavy atom. The number of alkyl halides is 3. The van der Waals surface area contributed by atoms with Crippen molar-refractivity contribution in [3.8, 4) is 16.2 Å². The van der Waals surface area contributed by atoms with Crippen molar-refractivity contribution in [2.24, 2.45) is 0 Å². The summed E-state index contributed by atoms with van der Waals surface area (Å²) in [5, 5.41) is 1.21. The summed E-state index contributed by atoms with van der Waals surface area (Å²) in [5.41, 5.74) is 3.30. The molecule has 2 aliphatic rings. The molecule has 0 spiro atoms. The highest BCUT2D eigenvalue weighted by molar-refractivity contribution is 7.20. The van der Waals surface area contributed by atoms with E-state index in [1.165, 1.54) is 23.5 Å². The lowest BCUT2D eigenvalue weighted by atomic mass is 9.97. The number of rotatable bonds is 8. The third-order valence-electron chi connectivity index (χ3n) is 8.61. The highest BCUT2D eigenvalue weighted by Crippen LogP contribution is 2.46. The fourth-order valence-electron chi connectivity index (χ4n) is 6.19. The van der Waals surface area contributed by atoms with Gasteiger partial charge in [-0.05, 0) is 83.9 Å². The average Bonchev–Trinajstić information content (AvgIpc) is 3.58. The van der Waals surface area contributed by atoms with Crippen LogP contribution < -0.4 is 14.5 Å². The van der Waals surface area contributed by atoms with Crippen LogP contribution in [-0.2, 0) is 6.54 Å². The average molecular weight is 737 g/mol. The molecule has 1 saturated heterocycles. The molecule has 0 bridgehead atoms. The van der Waals surface area contributed by atoms with E-state index in [0.717, 1.165) is 16.2 Å². The van der Waals surface area contributed by atoms with E-state index in [-0.39, 0.29) is 33.2 Å². The molecule has 2 amide bonds. The predicted molar refractivity (Wildman–Crippen MR) is 188 cm³/mol. The second-order valence-corrected chi connectivity index (χ2v) is 13.6. The minimum absolute atomic E-state index is 0.232. The fraction of sp³-hybridized carbons (Fsp3) is 0.162. The Kier molecular flexibility index (Phi) is 9.17. The fourth-order valence-corrected chi connectivity index (χ4v) is 7.76. The van der Waals surface area contributed by atoms with Crippen molar-refractivity contribution in [2.45, 2.75) is 12.9 Å². The predicted octanol–water partition coefficient (Wildman–Crippen LogP) is 8.97. The second-order valence-electron chi connectivity index (χ2n) is 11.7. The minimum atomic E-state index is -4.77. The first-order chi connectivity index (χ1) is 24.0. The van der Waals surface area contributed by atoms with Gasteiger partial charge < -0.3 is 9.64 Å². The molecule has 0 atom stereocenters. The van der Waals surface area contributed by atoms with Crippen LogP contribution in [0.2, 0.25) is 10.0 Å². The lowest BCUT2D eigenvalue weighted by Crippen LogP contribution is -2.46. The first-order valence-electron chi connectivity index (χ1n) is 15.5. The van der Waals surface area contributed by atoms with Crippen LogP contribution in [0.3, 0.4) is 0 Å². The van der Waals surface area contributed by atoms with Gasteiger partial charge in [0.05, 0.1) is 16.7 Å². The molecule has 7 nitrogen and oxygen atoms in total. The molecule has 0 radical (unpaired) electrons. The molecule has 50 heavy (non-hydrogen) atoms. The number of fused-ring (bicyclic) bond motifs is 1. The number of carbonyl (C=O) groups excluding carboxylic acids is 3. The molecule has 4 aromatic carbocycles. The number of carbonyl (C=O) groups is 3. The maximum Gasteiger partial charge on any atom is 0.573 e. The van der Waals surface area contributed by atoms with Crippen molar-refractivity contribution in [3.63, 3.8) is 0 Å². The van der Waals surface area contributed by atoms with E-state index in [2.05, 4.69) is 14.5 Å². The van der Waals surface area contributed by atoms with Crippen LogP contribution >= 0.6 is 34.5 Å². The number of piperazine rings is 1. The van der Waals surface area contributed by atoms with E-state index >= 15 is 0 Å². The van der Waals surface area contributed by atoms with Gasteiger partial charge in [0.2, 0.25) is 0 Å². The SMILES string of the molecule is O=C(c1ccc(Cl)cc1)c1c(N2C(=O)c3ccccc3C2=O)sc(-c2ccc(Cl)cc2)c1CN1CCN(c2ccc(OC(F)(F)F)cc2)CC1.